The van der Waals surface area contributed by atoms with Gasteiger partial charge in [0.1, 0.15) is 0 Å². The van der Waals surface area contributed by atoms with Gasteiger partial charge in [0, 0.05) is 44.6 Å². The van der Waals surface area contributed by atoms with Gasteiger partial charge in [-0.3, -0.25) is 9.79 Å². The zero-order valence-electron chi connectivity index (χ0n) is 15.6. The van der Waals surface area contributed by atoms with Gasteiger partial charge in [-0.05, 0) is 45.7 Å². The van der Waals surface area contributed by atoms with Crippen molar-refractivity contribution in [1.82, 2.24) is 20.4 Å². The summed E-state index contributed by atoms with van der Waals surface area (Å²) in [6, 6.07) is 0. The van der Waals surface area contributed by atoms with Crippen molar-refractivity contribution in [1.29, 1.82) is 0 Å². The topological polar surface area (TPSA) is 60.0 Å². The molecule has 0 aromatic heterocycles. The molecule has 0 aromatic rings. The minimum atomic E-state index is 0. The van der Waals surface area contributed by atoms with Crippen molar-refractivity contribution in [3.05, 3.63) is 0 Å². The molecule has 1 amide bonds. The van der Waals surface area contributed by atoms with E-state index < -0.39 is 0 Å². The Morgan fingerprint density at radius 3 is 2.72 bits per heavy atom. The van der Waals surface area contributed by atoms with Crippen LogP contribution in [0.25, 0.3) is 0 Å². The van der Waals surface area contributed by atoms with Gasteiger partial charge in [-0.25, -0.2) is 0 Å². The molecule has 144 valence electrons. The minimum absolute atomic E-state index is 0. The predicted octanol–water partition coefficient (Wildman–Crippen LogP) is 1.66. The molecular weight excluding hydrogens is 429 g/mol. The molecular formula is C18H34IN5O. The highest BCUT2D eigenvalue weighted by molar-refractivity contribution is 14.0. The van der Waals surface area contributed by atoms with E-state index in [1.54, 1.807) is 0 Å². The molecule has 3 heterocycles. The molecule has 25 heavy (non-hydrogen) atoms. The van der Waals surface area contributed by atoms with Crippen LogP contribution in [0.1, 0.15) is 45.4 Å². The number of likely N-dealkylation sites (tertiary alicyclic amines) is 2. The van der Waals surface area contributed by atoms with Gasteiger partial charge in [0.05, 0.1) is 6.54 Å². The Kier molecular flexibility index (Phi) is 8.25. The first-order chi connectivity index (χ1) is 11.7. The Bertz CT molecular complexity index is 466. The number of carbonyl (C=O) groups excluding carboxylic acids is 1. The fourth-order valence-corrected chi connectivity index (χ4v) is 4.34. The SMILES string of the molecule is CCNC(=NCCN1CCCCC1)N1CCCC2(CNC(=O)C2)C1.I. The van der Waals surface area contributed by atoms with Crippen LogP contribution in [-0.4, -0.2) is 74.0 Å². The van der Waals surface area contributed by atoms with Gasteiger partial charge in [-0.1, -0.05) is 6.42 Å². The molecule has 1 unspecified atom stereocenters. The summed E-state index contributed by atoms with van der Waals surface area (Å²) in [7, 11) is 0. The molecule has 6 nitrogen and oxygen atoms in total. The lowest BCUT2D eigenvalue weighted by molar-refractivity contribution is -0.119. The number of carbonyl (C=O) groups is 1. The lowest BCUT2D eigenvalue weighted by Crippen LogP contribution is -2.51. The van der Waals surface area contributed by atoms with Crippen molar-refractivity contribution in [2.45, 2.75) is 45.4 Å². The number of amides is 1. The summed E-state index contributed by atoms with van der Waals surface area (Å²) in [6.07, 6.45) is 7.02. The molecule has 0 radical (unpaired) electrons. The molecule has 0 bridgehead atoms. The van der Waals surface area contributed by atoms with Crippen LogP contribution < -0.4 is 10.6 Å². The maximum Gasteiger partial charge on any atom is 0.220 e. The first kappa shape index (κ1) is 20.7. The summed E-state index contributed by atoms with van der Waals surface area (Å²) in [4.78, 5) is 21.5. The maximum absolute atomic E-state index is 11.7. The van der Waals surface area contributed by atoms with E-state index in [-0.39, 0.29) is 35.3 Å². The van der Waals surface area contributed by atoms with Crippen molar-refractivity contribution < 1.29 is 4.79 Å². The van der Waals surface area contributed by atoms with E-state index >= 15 is 0 Å². The average Bonchev–Trinajstić information content (AvgIpc) is 2.95. The van der Waals surface area contributed by atoms with Gasteiger partial charge in [-0.15, -0.1) is 24.0 Å². The quantitative estimate of drug-likeness (QED) is 0.378. The van der Waals surface area contributed by atoms with Gasteiger partial charge in [0.2, 0.25) is 5.91 Å². The van der Waals surface area contributed by atoms with Crippen LogP contribution in [0.5, 0.6) is 0 Å². The number of piperidine rings is 2. The second-order valence-electron chi connectivity index (χ2n) is 7.62. The summed E-state index contributed by atoms with van der Waals surface area (Å²) in [6.45, 7) is 10.2. The number of rotatable bonds is 4. The molecule has 1 spiro atoms. The molecule has 3 saturated heterocycles. The summed E-state index contributed by atoms with van der Waals surface area (Å²) in [5, 5.41) is 6.48. The molecule has 3 fully saturated rings. The summed E-state index contributed by atoms with van der Waals surface area (Å²) in [5.74, 6) is 1.25. The molecule has 2 N–H and O–H groups in total. The number of halogens is 1. The van der Waals surface area contributed by atoms with Crippen molar-refractivity contribution in [3.63, 3.8) is 0 Å². The highest BCUT2D eigenvalue weighted by Gasteiger charge is 2.42. The number of hydrogen-bond donors (Lipinski definition) is 2. The highest BCUT2D eigenvalue weighted by Crippen LogP contribution is 2.35. The molecule has 3 aliphatic rings. The third-order valence-electron chi connectivity index (χ3n) is 5.62. The van der Waals surface area contributed by atoms with Crippen LogP contribution in [0.3, 0.4) is 0 Å². The van der Waals surface area contributed by atoms with Gasteiger partial charge in [0.25, 0.3) is 0 Å². The molecule has 0 aliphatic carbocycles. The van der Waals surface area contributed by atoms with E-state index in [9.17, 15) is 4.79 Å². The van der Waals surface area contributed by atoms with E-state index in [1.165, 1.54) is 32.4 Å². The molecule has 1 atom stereocenters. The number of aliphatic imine (C=N–C) groups is 1. The third kappa shape index (κ3) is 5.70. The molecule has 7 heteroatoms. The Morgan fingerprint density at radius 1 is 1.24 bits per heavy atom. The van der Waals surface area contributed by atoms with E-state index in [0.717, 1.165) is 58.1 Å². The molecule has 0 saturated carbocycles. The van der Waals surface area contributed by atoms with Gasteiger partial charge in [-0.2, -0.15) is 0 Å². The van der Waals surface area contributed by atoms with Crippen LogP contribution in [-0.2, 0) is 4.79 Å². The fourth-order valence-electron chi connectivity index (χ4n) is 4.34. The Morgan fingerprint density at radius 2 is 2.04 bits per heavy atom. The zero-order valence-corrected chi connectivity index (χ0v) is 17.9. The van der Waals surface area contributed by atoms with Crippen LogP contribution in [0.2, 0.25) is 0 Å². The van der Waals surface area contributed by atoms with Crippen LogP contribution in [0, 0.1) is 5.41 Å². The molecule has 3 rings (SSSR count). The lowest BCUT2D eigenvalue weighted by Gasteiger charge is -2.40. The monoisotopic (exact) mass is 463 g/mol. The van der Waals surface area contributed by atoms with Crippen LogP contribution >= 0.6 is 24.0 Å². The van der Waals surface area contributed by atoms with Crippen LogP contribution in [0.4, 0.5) is 0 Å². The summed E-state index contributed by atoms with van der Waals surface area (Å²) in [5.41, 5.74) is 0.123. The number of hydrogen-bond acceptors (Lipinski definition) is 3. The van der Waals surface area contributed by atoms with Crippen molar-refractivity contribution in [3.8, 4) is 0 Å². The standard InChI is InChI=1S/C18H33N5O.HI/c1-2-19-17(20-8-12-22-9-4-3-5-10-22)23-11-6-7-18(15-23)13-16(24)21-14-18;/h2-15H2,1H3,(H,19,20)(H,21,24);1H. The highest BCUT2D eigenvalue weighted by atomic mass is 127. The maximum atomic E-state index is 11.7. The Labute approximate surface area is 169 Å². The third-order valence-corrected chi connectivity index (χ3v) is 5.62. The number of nitrogens with one attached hydrogen (secondary N) is 2. The van der Waals surface area contributed by atoms with E-state index in [1.807, 2.05) is 0 Å². The fraction of sp³-hybridized carbons (Fsp3) is 0.889. The largest absolute Gasteiger partial charge is 0.357 e. The van der Waals surface area contributed by atoms with Crippen molar-refractivity contribution in [2.75, 3.05) is 52.4 Å². The lowest BCUT2D eigenvalue weighted by atomic mass is 9.79. The first-order valence-electron chi connectivity index (χ1n) is 9.73. The number of guanidine groups is 1. The summed E-state index contributed by atoms with van der Waals surface area (Å²) >= 11 is 0. The summed E-state index contributed by atoms with van der Waals surface area (Å²) < 4.78 is 0. The van der Waals surface area contributed by atoms with E-state index in [4.69, 9.17) is 4.99 Å². The normalized spacial score (nSPS) is 28.0. The zero-order chi connectivity index (χ0) is 16.8. The second-order valence-corrected chi connectivity index (χ2v) is 7.62. The molecule has 0 aromatic carbocycles. The Hall–Kier alpha value is -0.570. The van der Waals surface area contributed by atoms with Crippen molar-refractivity contribution >= 4 is 35.8 Å². The number of nitrogens with zero attached hydrogens (tertiary/aromatic N) is 3. The smallest absolute Gasteiger partial charge is 0.220 e. The predicted molar refractivity (Wildman–Crippen MR) is 113 cm³/mol. The minimum Gasteiger partial charge on any atom is -0.357 e. The average molecular weight is 463 g/mol. The Balaban J connectivity index is 0.00000225. The van der Waals surface area contributed by atoms with Crippen molar-refractivity contribution in [2.24, 2.45) is 10.4 Å². The van der Waals surface area contributed by atoms with Gasteiger partial charge in [0.15, 0.2) is 5.96 Å². The van der Waals surface area contributed by atoms with Gasteiger partial charge >= 0.3 is 0 Å². The molecule has 3 aliphatic heterocycles. The van der Waals surface area contributed by atoms with E-state index in [2.05, 4.69) is 27.4 Å². The second kappa shape index (κ2) is 9.94. The van der Waals surface area contributed by atoms with Crippen LogP contribution in [0.15, 0.2) is 4.99 Å². The van der Waals surface area contributed by atoms with Gasteiger partial charge < -0.3 is 20.4 Å². The van der Waals surface area contributed by atoms with E-state index in [0.29, 0.717) is 6.42 Å². The first-order valence-corrected chi connectivity index (χ1v) is 9.73.